The molecule has 0 amide bonds. The van der Waals surface area contributed by atoms with Crippen molar-refractivity contribution in [3.8, 4) is 0 Å². The minimum atomic E-state index is -3.65. The van der Waals surface area contributed by atoms with Crippen LogP contribution < -0.4 is 10.0 Å². The van der Waals surface area contributed by atoms with Crippen LogP contribution in [0.1, 0.15) is 29.6 Å². The first-order valence-electron chi connectivity index (χ1n) is 6.67. The van der Waals surface area contributed by atoms with Crippen LogP contribution in [0.4, 0.5) is 0 Å². The Bertz CT molecular complexity index is 664. The maximum atomic E-state index is 12.3. The second kappa shape index (κ2) is 7.12. The largest absolute Gasteiger partial charge is 0.313 e. The van der Waals surface area contributed by atoms with Gasteiger partial charge in [-0.15, -0.1) is 11.3 Å². The molecule has 3 N–H and O–H groups in total. The zero-order valence-electron chi connectivity index (χ0n) is 12.0. The first-order chi connectivity index (χ1) is 10.0. The predicted molar refractivity (Wildman–Crippen MR) is 81.5 cm³/mol. The Balaban J connectivity index is 2.11. The van der Waals surface area contributed by atoms with Crippen LogP contribution in [0, 0.1) is 6.92 Å². The third-order valence-corrected chi connectivity index (χ3v) is 5.07. The average Bonchev–Trinajstić information content (AvgIpc) is 3.08. The Hall–Kier alpha value is -1.29. The van der Waals surface area contributed by atoms with Crippen molar-refractivity contribution in [1.82, 2.24) is 25.2 Å². The summed E-state index contributed by atoms with van der Waals surface area (Å²) in [7, 11) is -3.65. The van der Waals surface area contributed by atoms with Crippen LogP contribution in [0.25, 0.3) is 0 Å². The van der Waals surface area contributed by atoms with E-state index in [0.717, 1.165) is 23.7 Å². The van der Waals surface area contributed by atoms with E-state index in [4.69, 9.17) is 0 Å². The first kappa shape index (κ1) is 16.1. The number of H-pyrrole nitrogens is 1. The molecule has 0 radical (unpaired) electrons. The quantitative estimate of drug-likeness (QED) is 0.631. The van der Waals surface area contributed by atoms with Gasteiger partial charge in [-0.05, 0) is 19.9 Å². The Morgan fingerprint density at radius 2 is 2.19 bits per heavy atom. The van der Waals surface area contributed by atoms with Gasteiger partial charge in [0.15, 0.2) is 5.03 Å². The molecule has 0 aliphatic heterocycles. The number of sulfonamides is 1. The van der Waals surface area contributed by atoms with Crippen molar-refractivity contribution in [3.05, 3.63) is 27.8 Å². The summed E-state index contributed by atoms with van der Waals surface area (Å²) in [5, 5.41) is 12.5. The van der Waals surface area contributed by atoms with Gasteiger partial charge in [0.2, 0.25) is 0 Å². The molecule has 2 aromatic rings. The van der Waals surface area contributed by atoms with E-state index in [2.05, 4.69) is 32.1 Å². The van der Waals surface area contributed by atoms with Crippen LogP contribution in [0.3, 0.4) is 0 Å². The number of hydrogen-bond donors (Lipinski definition) is 3. The minimum absolute atomic E-state index is 0.0557. The molecule has 2 heterocycles. The topological polar surface area (TPSA) is 99.8 Å². The number of nitrogens with zero attached hydrogens (tertiary/aromatic N) is 2. The molecule has 21 heavy (non-hydrogen) atoms. The molecular weight excluding hydrogens is 310 g/mol. The number of nitrogens with one attached hydrogen (secondary N) is 3. The number of hydrogen-bond acceptors (Lipinski definition) is 6. The molecule has 116 valence electrons. The van der Waals surface area contributed by atoms with Crippen LogP contribution in [-0.2, 0) is 23.1 Å². The maximum Gasteiger partial charge on any atom is 0.260 e. The fourth-order valence-corrected chi connectivity index (χ4v) is 3.64. The van der Waals surface area contributed by atoms with Crippen LogP contribution in [0.15, 0.2) is 16.6 Å². The van der Waals surface area contributed by atoms with Gasteiger partial charge in [0.05, 0.1) is 6.54 Å². The molecule has 7 nitrogen and oxygen atoms in total. The van der Waals surface area contributed by atoms with Crippen LogP contribution >= 0.6 is 11.3 Å². The Kier molecular flexibility index (Phi) is 5.45. The zero-order valence-corrected chi connectivity index (χ0v) is 13.6. The highest BCUT2D eigenvalue weighted by Gasteiger charge is 2.23. The summed E-state index contributed by atoms with van der Waals surface area (Å²) >= 11 is 1.41. The predicted octanol–water partition coefficient (Wildman–Crippen LogP) is 1.15. The van der Waals surface area contributed by atoms with E-state index in [1.165, 1.54) is 11.3 Å². The average molecular weight is 329 g/mol. The molecule has 2 rings (SSSR count). The van der Waals surface area contributed by atoms with Crippen LogP contribution in [0.5, 0.6) is 0 Å². The van der Waals surface area contributed by atoms with Gasteiger partial charge in [-0.25, -0.2) is 18.1 Å². The summed E-state index contributed by atoms with van der Waals surface area (Å²) in [4.78, 5) is 4.05. The van der Waals surface area contributed by atoms with Gasteiger partial charge in [0, 0.05) is 29.4 Å². The molecule has 0 aliphatic rings. The van der Waals surface area contributed by atoms with Gasteiger partial charge in [0.1, 0.15) is 5.01 Å². The molecule has 0 fully saturated rings. The molecule has 0 bridgehead atoms. The lowest BCUT2D eigenvalue weighted by Gasteiger charge is -2.07. The van der Waals surface area contributed by atoms with Gasteiger partial charge in [-0.1, -0.05) is 6.92 Å². The number of thiazole rings is 1. The van der Waals surface area contributed by atoms with Crippen molar-refractivity contribution in [2.24, 2.45) is 0 Å². The van der Waals surface area contributed by atoms with Gasteiger partial charge in [0.25, 0.3) is 10.0 Å². The first-order valence-corrected chi connectivity index (χ1v) is 9.03. The van der Waals surface area contributed by atoms with Gasteiger partial charge in [-0.3, -0.25) is 5.10 Å². The summed E-state index contributed by atoms with van der Waals surface area (Å²) in [6.45, 7) is 5.35. The fourth-order valence-electron chi connectivity index (χ4n) is 1.82. The number of aromatic nitrogens is 3. The Morgan fingerprint density at radius 3 is 2.86 bits per heavy atom. The van der Waals surface area contributed by atoms with Crippen molar-refractivity contribution in [2.75, 3.05) is 6.54 Å². The van der Waals surface area contributed by atoms with Crippen molar-refractivity contribution in [2.45, 2.75) is 38.4 Å². The molecule has 0 aromatic carbocycles. The molecule has 0 aliphatic carbocycles. The van der Waals surface area contributed by atoms with Gasteiger partial charge < -0.3 is 5.32 Å². The Labute approximate surface area is 128 Å². The van der Waals surface area contributed by atoms with E-state index in [-0.39, 0.29) is 11.6 Å². The van der Waals surface area contributed by atoms with Crippen molar-refractivity contribution in [3.63, 3.8) is 0 Å². The van der Waals surface area contributed by atoms with Crippen LogP contribution in [0.2, 0.25) is 0 Å². The van der Waals surface area contributed by atoms with E-state index >= 15 is 0 Å². The molecule has 0 spiro atoms. The van der Waals surface area contributed by atoms with Gasteiger partial charge >= 0.3 is 0 Å². The molecule has 9 heteroatoms. The molecule has 0 atom stereocenters. The van der Waals surface area contributed by atoms with E-state index in [1.54, 1.807) is 6.20 Å². The second-order valence-corrected chi connectivity index (χ2v) is 7.22. The summed E-state index contributed by atoms with van der Waals surface area (Å²) in [5.74, 6) is 0. The van der Waals surface area contributed by atoms with Crippen molar-refractivity contribution < 1.29 is 8.42 Å². The van der Waals surface area contributed by atoms with Gasteiger partial charge in [-0.2, -0.15) is 5.10 Å². The second-order valence-electron chi connectivity index (χ2n) is 4.56. The lowest BCUT2D eigenvalue weighted by Crippen LogP contribution is -2.25. The summed E-state index contributed by atoms with van der Waals surface area (Å²) in [6, 6.07) is 0. The minimum Gasteiger partial charge on any atom is -0.313 e. The fraction of sp³-hybridized carbons (Fsp3) is 0.500. The normalized spacial score (nSPS) is 11.9. The molecule has 0 unspecified atom stereocenters. The number of rotatable bonds is 8. The highest BCUT2D eigenvalue weighted by Crippen LogP contribution is 2.16. The molecule has 0 saturated carbocycles. The zero-order chi connectivity index (χ0) is 15.3. The highest BCUT2D eigenvalue weighted by molar-refractivity contribution is 7.89. The third-order valence-electron chi connectivity index (χ3n) is 2.92. The number of aryl methyl sites for hydroxylation is 1. The smallest absolute Gasteiger partial charge is 0.260 e. The standard InChI is InChI=1S/C12H19N5O2S2/c1-3-4-13-7-10-9(2)16-17-12(10)21(18,19)15-8-11-14-5-6-20-11/h5-6,13,15H,3-4,7-8H2,1-2H3,(H,16,17). The summed E-state index contributed by atoms with van der Waals surface area (Å²) < 4.78 is 27.2. The molecule has 2 aromatic heterocycles. The lowest BCUT2D eigenvalue weighted by molar-refractivity contribution is 0.573. The monoisotopic (exact) mass is 329 g/mol. The summed E-state index contributed by atoms with van der Waals surface area (Å²) in [5.41, 5.74) is 1.43. The molecular formula is C12H19N5O2S2. The lowest BCUT2D eigenvalue weighted by atomic mass is 10.2. The van der Waals surface area contributed by atoms with E-state index in [1.807, 2.05) is 12.3 Å². The summed E-state index contributed by atoms with van der Waals surface area (Å²) in [6.07, 6.45) is 2.63. The third kappa shape index (κ3) is 4.10. The van der Waals surface area contributed by atoms with Crippen LogP contribution in [-0.4, -0.2) is 30.1 Å². The highest BCUT2D eigenvalue weighted by atomic mass is 32.2. The molecule has 0 saturated heterocycles. The van der Waals surface area contributed by atoms with E-state index in [9.17, 15) is 8.42 Å². The van der Waals surface area contributed by atoms with Crippen molar-refractivity contribution in [1.29, 1.82) is 0 Å². The maximum absolute atomic E-state index is 12.3. The van der Waals surface area contributed by atoms with E-state index < -0.39 is 10.0 Å². The Morgan fingerprint density at radius 1 is 1.38 bits per heavy atom. The van der Waals surface area contributed by atoms with Crippen molar-refractivity contribution >= 4 is 21.4 Å². The number of aromatic amines is 1. The SMILES string of the molecule is CCCNCc1c(S(=O)(=O)NCc2nccs2)n[nH]c1C. The van der Waals surface area contributed by atoms with E-state index in [0.29, 0.717) is 12.1 Å².